The number of hydrogen-bond donors (Lipinski definition) is 1. The van der Waals surface area contributed by atoms with Gasteiger partial charge < -0.3 is 14.9 Å². The summed E-state index contributed by atoms with van der Waals surface area (Å²) in [6.07, 6.45) is 3.12. The van der Waals surface area contributed by atoms with E-state index in [1.165, 1.54) is 19.7 Å². The van der Waals surface area contributed by atoms with Gasteiger partial charge in [0.15, 0.2) is 6.39 Å². The lowest BCUT2D eigenvalue weighted by molar-refractivity contribution is -0.142. The number of rotatable bonds is 3. The van der Waals surface area contributed by atoms with Gasteiger partial charge in [-0.15, -0.1) is 24.8 Å². The van der Waals surface area contributed by atoms with Crippen molar-refractivity contribution in [3.05, 3.63) is 18.4 Å². The summed E-state index contributed by atoms with van der Waals surface area (Å²) in [5.74, 6) is 0.124. The Labute approximate surface area is 93.8 Å². The van der Waals surface area contributed by atoms with Gasteiger partial charge in [-0.05, 0) is 0 Å². The van der Waals surface area contributed by atoms with E-state index >= 15 is 0 Å². The van der Waals surface area contributed by atoms with Crippen molar-refractivity contribution < 1.29 is 13.9 Å². The Kier molecular flexibility index (Phi) is 8.52. The molecule has 14 heavy (non-hydrogen) atoms. The zero-order valence-corrected chi connectivity index (χ0v) is 9.14. The molecule has 1 heterocycles. The molecule has 0 aliphatic heterocycles. The molecule has 0 aliphatic rings. The van der Waals surface area contributed by atoms with Crippen molar-refractivity contribution in [3.8, 4) is 0 Å². The van der Waals surface area contributed by atoms with Crippen LogP contribution in [-0.4, -0.2) is 24.1 Å². The predicted octanol–water partition coefficient (Wildman–Crippen LogP) is 0.561. The molecule has 0 bridgehead atoms. The Balaban J connectivity index is 0. The standard InChI is InChI=1S/C7H10N2O3.2ClH/c1-11-7(10)6(8)2-5-3-9-4-12-5;;/h3-4,6H,2,8H2,1H3;2*1H. The van der Waals surface area contributed by atoms with Crippen molar-refractivity contribution in [1.82, 2.24) is 4.98 Å². The van der Waals surface area contributed by atoms with Crippen LogP contribution < -0.4 is 5.73 Å². The fraction of sp³-hybridized carbons (Fsp3) is 0.429. The summed E-state index contributed by atoms with van der Waals surface area (Å²) in [5, 5.41) is 0. The van der Waals surface area contributed by atoms with Crippen molar-refractivity contribution >= 4 is 30.8 Å². The monoisotopic (exact) mass is 242 g/mol. The molecule has 1 rings (SSSR count). The molecule has 0 saturated carbocycles. The van der Waals surface area contributed by atoms with Crippen molar-refractivity contribution in [2.75, 3.05) is 7.11 Å². The van der Waals surface area contributed by atoms with E-state index in [2.05, 4.69) is 9.72 Å². The van der Waals surface area contributed by atoms with Crippen LogP contribution in [0.25, 0.3) is 0 Å². The molecule has 0 aliphatic carbocycles. The second kappa shape index (κ2) is 7.61. The zero-order chi connectivity index (χ0) is 8.97. The zero-order valence-electron chi connectivity index (χ0n) is 7.50. The maximum Gasteiger partial charge on any atom is 0.323 e. The number of carbonyl (C=O) groups excluding carboxylic acids is 1. The molecule has 0 aromatic carbocycles. The van der Waals surface area contributed by atoms with E-state index < -0.39 is 12.0 Å². The van der Waals surface area contributed by atoms with Crippen molar-refractivity contribution in [1.29, 1.82) is 0 Å². The second-order valence-corrected chi connectivity index (χ2v) is 2.30. The third kappa shape index (κ3) is 4.45. The lowest BCUT2D eigenvalue weighted by atomic mass is 10.2. The summed E-state index contributed by atoms with van der Waals surface area (Å²) in [5.41, 5.74) is 5.46. The normalized spacial score (nSPS) is 10.7. The number of carbonyl (C=O) groups is 1. The van der Waals surface area contributed by atoms with E-state index in [4.69, 9.17) is 10.2 Å². The molecule has 1 unspecified atom stereocenters. The number of halogens is 2. The summed E-state index contributed by atoms with van der Waals surface area (Å²) < 4.78 is 9.33. The van der Waals surface area contributed by atoms with Crippen LogP contribution in [0.4, 0.5) is 0 Å². The maximum absolute atomic E-state index is 10.8. The molecule has 5 nitrogen and oxygen atoms in total. The fourth-order valence-electron chi connectivity index (χ4n) is 0.794. The van der Waals surface area contributed by atoms with Gasteiger partial charge in [-0.3, -0.25) is 4.79 Å². The fourth-order valence-corrected chi connectivity index (χ4v) is 0.794. The molecule has 1 aromatic heterocycles. The minimum Gasteiger partial charge on any atom is -0.468 e. The number of hydrogen-bond acceptors (Lipinski definition) is 5. The lowest BCUT2D eigenvalue weighted by Gasteiger charge is -2.05. The van der Waals surface area contributed by atoms with Gasteiger partial charge in [0.2, 0.25) is 0 Å². The van der Waals surface area contributed by atoms with Gasteiger partial charge in [0.05, 0.1) is 13.3 Å². The first kappa shape index (κ1) is 15.7. The summed E-state index contributed by atoms with van der Waals surface area (Å²) in [6, 6.07) is -0.678. The molecule has 1 aromatic rings. The minimum atomic E-state index is -0.678. The topological polar surface area (TPSA) is 78.4 Å². The first-order valence-corrected chi connectivity index (χ1v) is 3.45. The number of ether oxygens (including phenoxy) is 1. The number of nitrogens with two attached hydrogens (primary N) is 1. The van der Waals surface area contributed by atoms with Crippen LogP contribution in [0.2, 0.25) is 0 Å². The van der Waals surface area contributed by atoms with E-state index in [-0.39, 0.29) is 24.8 Å². The molecular weight excluding hydrogens is 231 g/mol. The molecule has 0 radical (unpaired) electrons. The second-order valence-electron chi connectivity index (χ2n) is 2.30. The molecule has 0 amide bonds. The van der Waals surface area contributed by atoms with E-state index in [1.54, 1.807) is 0 Å². The smallest absolute Gasteiger partial charge is 0.323 e. The highest BCUT2D eigenvalue weighted by molar-refractivity contribution is 5.85. The molecule has 0 saturated heterocycles. The summed E-state index contributed by atoms with van der Waals surface area (Å²) in [7, 11) is 1.29. The molecule has 7 heteroatoms. The Morgan fingerprint density at radius 3 is 2.79 bits per heavy atom. The van der Waals surface area contributed by atoms with E-state index in [9.17, 15) is 4.79 Å². The van der Waals surface area contributed by atoms with Gasteiger partial charge in [0.25, 0.3) is 0 Å². The third-order valence-electron chi connectivity index (χ3n) is 1.41. The Bertz CT molecular complexity index is 253. The van der Waals surface area contributed by atoms with Crippen LogP contribution >= 0.6 is 24.8 Å². The Morgan fingerprint density at radius 1 is 1.71 bits per heavy atom. The van der Waals surface area contributed by atoms with Gasteiger partial charge in [-0.1, -0.05) is 0 Å². The summed E-state index contributed by atoms with van der Waals surface area (Å²) in [4.78, 5) is 14.5. The van der Waals surface area contributed by atoms with E-state index in [1.807, 2.05) is 0 Å². The van der Waals surface area contributed by atoms with E-state index in [0.717, 1.165) is 0 Å². The third-order valence-corrected chi connectivity index (χ3v) is 1.41. The SMILES string of the molecule is COC(=O)C(N)Cc1cnco1.Cl.Cl. The van der Waals surface area contributed by atoms with Crippen molar-refractivity contribution in [3.63, 3.8) is 0 Å². The van der Waals surface area contributed by atoms with Gasteiger partial charge >= 0.3 is 5.97 Å². The van der Waals surface area contributed by atoms with Gasteiger partial charge in [0.1, 0.15) is 11.8 Å². The predicted molar refractivity (Wildman–Crippen MR) is 54.7 cm³/mol. The summed E-state index contributed by atoms with van der Waals surface area (Å²) >= 11 is 0. The Hall–Kier alpha value is -0.780. The molecule has 1 atom stereocenters. The first-order valence-electron chi connectivity index (χ1n) is 3.45. The van der Waals surface area contributed by atoms with Gasteiger partial charge in [-0.25, -0.2) is 4.98 Å². The highest BCUT2D eigenvalue weighted by atomic mass is 35.5. The quantitative estimate of drug-likeness (QED) is 0.784. The van der Waals surface area contributed by atoms with Crippen molar-refractivity contribution in [2.45, 2.75) is 12.5 Å². The number of methoxy groups -OCH3 is 1. The highest BCUT2D eigenvalue weighted by Gasteiger charge is 2.15. The lowest BCUT2D eigenvalue weighted by Crippen LogP contribution is -2.33. The largest absolute Gasteiger partial charge is 0.468 e. The Morgan fingerprint density at radius 2 is 2.36 bits per heavy atom. The molecular formula is C7H12Cl2N2O3. The molecule has 0 fully saturated rings. The van der Waals surface area contributed by atoms with Crippen LogP contribution in [0.15, 0.2) is 17.0 Å². The number of aromatic nitrogens is 1. The van der Waals surface area contributed by atoms with Crippen LogP contribution in [0.5, 0.6) is 0 Å². The van der Waals surface area contributed by atoms with Crippen molar-refractivity contribution in [2.24, 2.45) is 5.73 Å². The average Bonchev–Trinajstić information content (AvgIpc) is 2.55. The number of oxazole rings is 1. The van der Waals surface area contributed by atoms with Gasteiger partial charge in [-0.2, -0.15) is 0 Å². The molecule has 2 N–H and O–H groups in total. The van der Waals surface area contributed by atoms with Crippen LogP contribution in [-0.2, 0) is 16.0 Å². The minimum absolute atomic E-state index is 0. The highest BCUT2D eigenvalue weighted by Crippen LogP contribution is 2.00. The number of nitrogens with zero attached hydrogens (tertiary/aromatic N) is 1. The molecule has 82 valence electrons. The first-order chi connectivity index (χ1) is 5.74. The van der Waals surface area contributed by atoms with Crippen LogP contribution in [0.3, 0.4) is 0 Å². The van der Waals surface area contributed by atoms with Crippen LogP contribution in [0.1, 0.15) is 5.76 Å². The maximum atomic E-state index is 10.8. The van der Waals surface area contributed by atoms with E-state index in [0.29, 0.717) is 12.2 Å². The number of esters is 1. The van der Waals surface area contributed by atoms with Gasteiger partial charge in [0, 0.05) is 6.42 Å². The average molecular weight is 243 g/mol. The molecule has 0 spiro atoms. The summed E-state index contributed by atoms with van der Waals surface area (Å²) in [6.45, 7) is 0. The van der Waals surface area contributed by atoms with Crippen LogP contribution in [0, 0.1) is 0 Å².